The number of rotatable bonds is 3. The van der Waals surface area contributed by atoms with Crippen molar-refractivity contribution in [3.63, 3.8) is 0 Å². The van der Waals surface area contributed by atoms with Crippen molar-refractivity contribution in [3.8, 4) is 0 Å². The van der Waals surface area contributed by atoms with E-state index >= 15 is 0 Å². The van der Waals surface area contributed by atoms with Crippen molar-refractivity contribution in [1.82, 2.24) is 9.55 Å². The van der Waals surface area contributed by atoms with Crippen LogP contribution in [0.3, 0.4) is 0 Å². The predicted molar refractivity (Wildman–Crippen MR) is 82.8 cm³/mol. The molecule has 3 aromatic rings. The van der Waals surface area contributed by atoms with Gasteiger partial charge in [-0.25, -0.2) is 9.78 Å². The van der Waals surface area contributed by atoms with Gasteiger partial charge >= 0.3 is 5.76 Å². The van der Waals surface area contributed by atoms with Gasteiger partial charge in [-0.15, -0.1) is 0 Å². The Morgan fingerprint density at radius 1 is 1.23 bits per heavy atom. The molecule has 2 aromatic heterocycles. The van der Waals surface area contributed by atoms with Gasteiger partial charge in [-0.3, -0.25) is 9.36 Å². The third-order valence-electron chi connectivity index (χ3n) is 3.43. The molecule has 6 nitrogen and oxygen atoms in total. The third-order valence-corrected chi connectivity index (χ3v) is 3.43. The predicted octanol–water partition coefficient (Wildman–Crippen LogP) is 2.50. The minimum atomic E-state index is -0.710. The summed E-state index contributed by atoms with van der Waals surface area (Å²) in [4.78, 5) is 28.6. The SMILES string of the molecule is Cc1cccc(NC(=O)C(C)n2c(=O)oc3ccccc32)n1. The quantitative estimate of drug-likeness (QED) is 0.805. The summed E-state index contributed by atoms with van der Waals surface area (Å²) in [7, 11) is 0. The summed E-state index contributed by atoms with van der Waals surface area (Å²) in [5.41, 5.74) is 1.85. The molecule has 1 amide bonds. The zero-order valence-electron chi connectivity index (χ0n) is 12.2. The van der Waals surface area contributed by atoms with E-state index in [0.717, 1.165) is 5.69 Å². The first-order chi connectivity index (χ1) is 10.6. The Hall–Kier alpha value is -2.89. The van der Waals surface area contributed by atoms with Crippen LogP contribution in [0.1, 0.15) is 18.7 Å². The number of fused-ring (bicyclic) bond motifs is 1. The second-order valence-electron chi connectivity index (χ2n) is 5.04. The van der Waals surface area contributed by atoms with Gasteiger partial charge in [0.05, 0.1) is 5.52 Å². The number of aromatic nitrogens is 2. The van der Waals surface area contributed by atoms with E-state index in [-0.39, 0.29) is 5.91 Å². The van der Waals surface area contributed by atoms with Crippen LogP contribution in [0.25, 0.3) is 11.1 Å². The maximum atomic E-state index is 12.4. The number of oxazole rings is 1. The Morgan fingerprint density at radius 2 is 2.00 bits per heavy atom. The summed E-state index contributed by atoms with van der Waals surface area (Å²) in [5.74, 6) is -0.425. The van der Waals surface area contributed by atoms with Crippen molar-refractivity contribution in [2.24, 2.45) is 0 Å². The van der Waals surface area contributed by atoms with Crippen LogP contribution in [0, 0.1) is 6.92 Å². The number of para-hydroxylation sites is 2. The fourth-order valence-electron chi connectivity index (χ4n) is 2.31. The Bertz CT molecular complexity index is 895. The van der Waals surface area contributed by atoms with E-state index < -0.39 is 11.8 Å². The van der Waals surface area contributed by atoms with E-state index in [9.17, 15) is 9.59 Å². The number of aryl methyl sites for hydroxylation is 1. The largest absolute Gasteiger partial charge is 0.420 e. The van der Waals surface area contributed by atoms with Crippen molar-refractivity contribution in [1.29, 1.82) is 0 Å². The number of hydrogen-bond acceptors (Lipinski definition) is 4. The number of nitrogens with zero attached hydrogens (tertiary/aromatic N) is 2. The molecule has 0 aliphatic heterocycles. The first-order valence-electron chi connectivity index (χ1n) is 6.91. The second-order valence-corrected chi connectivity index (χ2v) is 5.04. The molecule has 0 saturated heterocycles. The fraction of sp³-hybridized carbons (Fsp3) is 0.188. The molecule has 6 heteroatoms. The van der Waals surface area contributed by atoms with Gasteiger partial charge in [0, 0.05) is 5.69 Å². The highest BCUT2D eigenvalue weighted by atomic mass is 16.4. The van der Waals surface area contributed by atoms with Gasteiger partial charge in [0.2, 0.25) is 5.91 Å². The van der Waals surface area contributed by atoms with Crippen molar-refractivity contribution < 1.29 is 9.21 Å². The number of benzene rings is 1. The molecule has 1 unspecified atom stereocenters. The van der Waals surface area contributed by atoms with Crippen molar-refractivity contribution in [2.75, 3.05) is 5.32 Å². The number of hydrogen-bond donors (Lipinski definition) is 1. The standard InChI is InChI=1S/C16H15N3O3/c1-10-6-5-9-14(17-10)18-15(20)11(2)19-12-7-3-4-8-13(12)22-16(19)21/h3-9,11H,1-2H3,(H,17,18,20). The van der Waals surface area contributed by atoms with Crippen LogP contribution in [0.2, 0.25) is 0 Å². The first-order valence-corrected chi connectivity index (χ1v) is 6.91. The molecule has 0 spiro atoms. The summed E-state index contributed by atoms with van der Waals surface area (Å²) < 4.78 is 6.49. The van der Waals surface area contributed by atoms with Crippen LogP contribution < -0.4 is 11.1 Å². The lowest BCUT2D eigenvalue weighted by Crippen LogP contribution is -2.29. The topological polar surface area (TPSA) is 77.1 Å². The van der Waals surface area contributed by atoms with Crippen LogP contribution in [0.15, 0.2) is 51.7 Å². The highest BCUT2D eigenvalue weighted by Gasteiger charge is 2.21. The fourth-order valence-corrected chi connectivity index (χ4v) is 2.31. The van der Waals surface area contributed by atoms with Crippen molar-refractivity contribution in [2.45, 2.75) is 19.9 Å². The summed E-state index contributed by atoms with van der Waals surface area (Å²) in [6.07, 6.45) is 0. The number of carbonyl (C=O) groups is 1. The molecular weight excluding hydrogens is 282 g/mol. The zero-order chi connectivity index (χ0) is 15.7. The van der Waals surface area contributed by atoms with Gasteiger partial charge < -0.3 is 9.73 Å². The number of carbonyl (C=O) groups excluding carboxylic acids is 1. The average molecular weight is 297 g/mol. The van der Waals surface area contributed by atoms with Crippen LogP contribution in [-0.2, 0) is 4.79 Å². The number of pyridine rings is 1. The molecule has 22 heavy (non-hydrogen) atoms. The van der Waals surface area contributed by atoms with Crippen LogP contribution in [0.4, 0.5) is 5.82 Å². The molecule has 112 valence electrons. The lowest BCUT2D eigenvalue weighted by atomic mass is 10.2. The van der Waals surface area contributed by atoms with Crippen molar-refractivity contribution in [3.05, 3.63) is 58.7 Å². The van der Waals surface area contributed by atoms with Crippen LogP contribution in [-0.4, -0.2) is 15.5 Å². The first kappa shape index (κ1) is 14.1. The molecule has 1 atom stereocenters. The molecule has 1 N–H and O–H groups in total. The minimum absolute atomic E-state index is 0.327. The Labute approximate surface area is 126 Å². The molecule has 0 bridgehead atoms. The molecule has 3 rings (SSSR count). The molecule has 0 radical (unpaired) electrons. The van der Waals surface area contributed by atoms with E-state index in [1.165, 1.54) is 4.57 Å². The maximum absolute atomic E-state index is 12.4. The lowest BCUT2D eigenvalue weighted by molar-refractivity contribution is -0.118. The van der Waals surface area contributed by atoms with Gasteiger partial charge in [0.15, 0.2) is 5.58 Å². The highest BCUT2D eigenvalue weighted by Crippen LogP contribution is 2.17. The summed E-state index contributed by atoms with van der Waals surface area (Å²) >= 11 is 0. The smallest absolute Gasteiger partial charge is 0.408 e. The van der Waals surface area contributed by atoms with Gasteiger partial charge in [-0.2, -0.15) is 0 Å². The van der Waals surface area contributed by atoms with E-state index in [2.05, 4.69) is 10.3 Å². The summed E-state index contributed by atoms with van der Waals surface area (Å²) in [5, 5.41) is 2.71. The number of anilines is 1. The highest BCUT2D eigenvalue weighted by molar-refractivity contribution is 5.93. The molecule has 0 fully saturated rings. The molecule has 0 saturated carbocycles. The molecule has 1 aromatic carbocycles. The number of amides is 1. The Morgan fingerprint density at radius 3 is 2.77 bits per heavy atom. The normalized spacial score (nSPS) is 12.3. The Kier molecular flexibility index (Phi) is 3.50. The van der Waals surface area contributed by atoms with E-state index in [1.54, 1.807) is 37.3 Å². The van der Waals surface area contributed by atoms with Gasteiger partial charge in [-0.1, -0.05) is 18.2 Å². The number of nitrogens with one attached hydrogen (secondary N) is 1. The molecule has 0 aliphatic rings. The molecule has 2 heterocycles. The van der Waals surface area contributed by atoms with Crippen LogP contribution >= 0.6 is 0 Å². The second kappa shape index (κ2) is 5.48. The van der Waals surface area contributed by atoms with E-state index in [1.807, 2.05) is 19.1 Å². The monoisotopic (exact) mass is 297 g/mol. The Balaban J connectivity index is 1.92. The van der Waals surface area contributed by atoms with Crippen molar-refractivity contribution >= 4 is 22.8 Å². The molecular formula is C16H15N3O3. The van der Waals surface area contributed by atoms with Gasteiger partial charge in [-0.05, 0) is 38.1 Å². The van der Waals surface area contributed by atoms with Crippen LogP contribution in [0.5, 0.6) is 0 Å². The third kappa shape index (κ3) is 2.50. The average Bonchev–Trinajstić information content (AvgIpc) is 2.82. The van der Waals surface area contributed by atoms with E-state index in [4.69, 9.17) is 4.42 Å². The maximum Gasteiger partial charge on any atom is 0.420 e. The summed E-state index contributed by atoms with van der Waals surface area (Å²) in [6, 6.07) is 11.6. The molecule has 0 aliphatic carbocycles. The van der Waals surface area contributed by atoms with E-state index in [0.29, 0.717) is 16.9 Å². The lowest BCUT2D eigenvalue weighted by Gasteiger charge is -2.12. The minimum Gasteiger partial charge on any atom is -0.408 e. The summed E-state index contributed by atoms with van der Waals surface area (Å²) in [6.45, 7) is 3.49. The van der Waals surface area contributed by atoms with Gasteiger partial charge in [0.25, 0.3) is 0 Å². The van der Waals surface area contributed by atoms with Gasteiger partial charge in [0.1, 0.15) is 11.9 Å². The zero-order valence-corrected chi connectivity index (χ0v) is 12.2.